The Labute approximate surface area is 128 Å². The van der Waals surface area contributed by atoms with E-state index in [9.17, 15) is 17.4 Å². The molecule has 9 heteroatoms. The molecule has 0 aliphatic heterocycles. The number of rotatable bonds is 6. The van der Waals surface area contributed by atoms with Crippen molar-refractivity contribution in [1.82, 2.24) is 4.72 Å². The predicted octanol–water partition coefficient (Wildman–Crippen LogP) is 1.19. The molecule has 0 bridgehead atoms. The van der Waals surface area contributed by atoms with Crippen molar-refractivity contribution in [3.63, 3.8) is 0 Å². The van der Waals surface area contributed by atoms with E-state index in [1.807, 2.05) is 0 Å². The number of hydrogen-bond donors (Lipinski definition) is 2. The number of hydrogen-bond acceptors (Lipinski definition) is 4. The average Bonchev–Trinajstić information content (AvgIpc) is 2.35. The Kier molecular flexibility index (Phi) is 5.87. The second-order valence-corrected chi connectivity index (χ2v) is 8.50. The lowest BCUT2D eigenvalue weighted by Crippen LogP contribution is -2.32. The van der Waals surface area contributed by atoms with Crippen molar-refractivity contribution in [2.45, 2.75) is 17.1 Å². The van der Waals surface area contributed by atoms with E-state index in [-0.39, 0.29) is 26.7 Å². The lowest BCUT2D eigenvalue weighted by atomic mass is 10.2. The Morgan fingerprint density at radius 1 is 1.50 bits per heavy atom. The molecule has 2 N–H and O–H groups in total. The van der Waals surface area contributed by atoms with Crippen LogP contribution in [0.2, 0.25) is 0 Å². The van der Waals surface area contributed by atoms with Crippen molar-refractivity contribution in [2.75, 3.05) is 12.8 Å². The van der Waals surface area contributed by atoms with Crippen molar-refractivity contribution >= 4 is 42.7 Å². The Bertz CT molecular complexity index is 644. The monoisotopic (exact) mass is 383 g/mol. The molecule has 1 rings (SSSR count). The summed E-state index contributed by atoms with van der Waals surface area (Å²) in [5.74, 6) is -1.21. The van der Waals surface area contributed by atoms with Gasteiger partial charge in [0.2, 0.25) is 10.0 Å². The third kappa shape index (κ3) is 4.37. The van der Waals surface area contributed by atoms with Gasteiger partial charge in [0.05, 0.1) is 10.5 Å². The van der Waals surface area contributed by atoms with Crippen LogP contribution < -0.4 is 4.72 Å². The van der Waals surface area contributed by atoms with Gasteiger partial charge in [-0.1, -0.05) is 0 Å². The van der Waals surface area contributed by atoms with Crippen LogP contribution in [0.3, 0.4) is 0 Å². The van der Waals surface area contributed by atoms with Gasteiger partial charge in [0.1, 0.15) is 0 Å². The molecule has 112 valence electrons. The molecule has 2 unspecified atom stereocenters. The number of nitrogens with one attached hydrogen (secondary N) is 1. The molecule has 0 spiro atoms. The SMILES string of the molecule is CC(CNS(=O)(=O)c1cc(C(=O)O)ccc1Br)S(C)=O. The molecule has 0 aromatic heterocycles. The van der Waals surface area contributed by atoms with Gasteiger partial charge in [-0.3, -0.25) is 4.21 Å². The van der Waals surface area contributed by atoms with Crippen molar-refractivity contribution in [3.8, 4) is 0 Å². The lowest BCUT2D eigenvalue weighted by molar-refractivity contribution is 0.0696. The summed E-state index contributed by atoms with van der Waals surface area (Å²) in [6.07, 6.45) is 1.49. The lowest BCUT2D eigenvalue weighted by Gasteiger charge is -2.12. The minimum atomic E-state index is -3.87. The normalized spacial score (nSPS) is 14.8. The van der Waals surface area contributed by atoms with E-state index in [1.165, 1.54) is 18.4 Å². The molecule has 2 atom stereocenters. The highest BCUT2D eigenvalue weighted by molar-refractivity contribution is 9.10. The molecule has 1 aromatic rings. The van der Waals surface area contributed by atoms with Crippen LogP contribution in [0.4, 0.5) is 0 Å². The van der Waals surface area contributed by atoms with Crippen LogP contribution in [-0.2, 0) is 20.8 Å². The van der Waals surface area contributed by atoms with Crippen LogP contribution in [0.1, 0.15) is 17.3 Å². The highest BCUT2D eigenvalue weighted by atomic mass is 79.9. The number of benzene rings is 1. The van der Waals surface area contributed by atoms with Gasteiger partial charge in [-0.25, -0.2) is 17.9 Å². The number of carbonyl (C=O) groups is 1. The zero-order valence-electron chi connectivity index (χ0n) is 10.8. The van der Waals surface area contributed by atoms with Gasteiger partial charge in [-0.15, -0.1) is 0 Å². The van der Waals surface area contributed by atoms with Crippen molar-refractivity contribution in [3.05, 3.63) is 28.2 Å². The standard InChI is InChI=1S/C11H14BrNO5S2/c1-7(19(2)16)6-13-20(17,18)10-5-8(11(14)15)3-4-9(10)12/h3-5,7,13H,6H2,1-2H3,(H,14,15). The Morgan fingerprint density at radius 3 is 2.60 bits per heavy atom. The number of carboxylic acids is 1. The van der Waals surface area contributed by atoms with E-state index in [0.29, 0.717) is 0 Å². The molecule has 0 aliphatic rings. The summed E-state index contributed by atoms with van der Waals surface area (Å²) in [4.78, 5) is 10.7. The quantitative estimate of drug-likeness (QED) is 0.768. The first-order chi connectivity index (χ1) is 9.15. The van der Waals surface area contributed by atoms with E-state index < -0.39 is 26.8 Å². The second-order valence-electron chi connectivity index (χ2n) is 4.11. The van der Waals surface area contributed by atoms with Gasteiger partial charge < -0.3 is 5.11 Å². The fourth-order valence-corrected chi connectivity index (χ4v) is 3.81. The topological polar surface area (TPSA) is 101 Å². The van der Waals surface area contributed by atoms with Gasteiger partial charge in [0.15, 0.2) is 0 Å². The molecule has 0 aliphatic carbocycles. The first-order valence-corrected chi connectivity index (χ1v) is 9.39. The number of aromatic carboxylic acids is 1. The maximum absolute atomic E-state index is 12.1. The summed E-state index contributed by atoms with van der Waals surface area (Å²) < 4.78 is 38.0. The predicted molar refractivity (Wildman–Crippen MR) is 79.8 cm³/mol. The minimum absolute atomic E-state index is 0.00911. The fourth-order valence-electron chi connectivity index (χ4n) is 1.26. The number of carboxylic acid groups (broad SMARTS) is 1. The molecule has 0 saturated heterocycles. The Morgan fingerprint density at radius 2 is 2.10 bits per heavy atom. The van der Waals surface area contributed by atoms with Gasteiger partial charge in [0, 0.05) is 33.3 Å². The summed E-state index contributed by atoms with van der Waals surface area (Å²) in [5.41, 5.74) is -0.124. The summed E-state index contributed by atoms with van der Waals surface area (Å²) >= 11 is 3.08. The van der Waals surface area contributed by atoms with Crippen molar-refractivity contribution in [2.24, 2.45) is 0 Å². The Hall–Kier alpha value is -0.770. The highest BCUT2D eigenvalue weighted by Gasteiger charge is 2.21. The van der Waals surface area contributed by atoms with Gasteiger partial charge in [-0.2, -0.15) is 0 Å². The number of sulfonamides is 1. The van der Waals surface area contributed by atoms with Crippen LogP contribution in [-0.4, -0.2) is 41.8 Å². The van der Waals surface area contributed by atoms with Crippen LogP contribution in [0, 0.1) is 0 Å². The van der Waals surface area contributed by atoms with E-state index in [0.717, 1.165) is 6.07 Å². The maximum Gasteiger partial charge on any atom is 0.335 e. The molecule has 6 nitrogen and oxygen atoms in total. The average molecular weight is 384 g/mol. The van der Waals surface area contributed by atoms with Gasteiger partial charge >= 0.3 is 5.97 Å². The largest absolute Gasteiger partial charge is 0.478 e. The molecular formula is C11H14BrNO5S2. The second kappa shape index (κ2) is 6.79. The smallest absolute Gasteiger partial charge is 0.335 e. The molecule has 0 fully saturated rings. The third-order valence-electron chi connectivity index (χ3n) is 2.60. The maximum atomic E-state index is 12.1. The van der Waals surface area contributed by atoms with Gasteiger partial charge in [0.25, 0.3) is 0 Å². The Balaban J connectivity index is 3.06. The van der Waals surface area contributed by atoms with E-state index in [2.05, 4.69) is 20.7 Å². The molecule has 0 amide bonds. The van der Waals surface area contributed by atoms with E-state index in [1.54, 1.807) is 6.92 Å². The molecule has 1 aromatic carbocycles. The zero-order valence-corrected chi connectivity index (χ0v) is 14.0. The number of halogens is 1. The van der Waals surface area contributed by atoms with Crippen molar-refractivity contribution in [1.29, 1.82) is 0 Å². The zero-order chi connectivity index (χ0) is 15.5. The van der Waals surface area contributed by atoms with Crippen LogP contribution >= 0.6 is 15.9 Å². The first kappa shape index (κ1) is 17.3. The van der Waals surface area contributed by atoms with Gasteiger partial charge in [-0.05, 0) is 41.1 Å². The van der Waals surface area contributed by atoms with E-state index in [4.69, 9.17) is 5.11 Å². The summed E-state index contributed by atoms with van der Waals surface area (Å²) in [7, 11) is -5.02. The minimum Gasteiger partial charge on any atom is -0.478 e. The summed E-state index contributed by atoms with van der Waals surface area (Å²) in [6.45, 7) is 1.66. The summed E-state index contributed by atoms with van der Waals surface area (Å²) in [5, 5.41) is 8.54. The first-order valence-electron chi connectivity index (χ1n) is 5.50. The third-order valence-corrected chi connectivity index (χ3v) is 6.31. The van der Waals surface area contributed by atoms with Crippen LogP contribution in [0.5, 0.6) is 0 Å². The van der Waals surface area contributed by atoms with Crippen LogP contribution in [0.25, 0.3) is 0 Å². The highest BCUT2D eigenvalue weighted by Crippen LogP contribution is 2.23. The molecule has 0 heterocycles. The molecule has 20 heavy (non-hydrogen) atoms. The fraction of sp³-hybridized carbons (Fsp3) is 0.364. The molecular weight excluding hydrogens is 370 g/mol. The molecule has 0 saturated carbocycles. The van der Waals surface area contributed by atoms with E-state index >= 15 is 0 Å². The molecule has 0 radical (unpaired) electrons. The van der Waals surface area contributed by atoms with Crippen molar-refractivity contribution < 1.29 is 22.5 Å². The van der Waals surface area contributed by atoms with Crippen LogP contribution in [0.15, 0.2) is 27.6 Å². The summed E-state index contributed by atoms with van der Waals surface area (Å²) in [6, 6.07) is 3.73.